The number of hydrogen-bond acceptors (Lipinski definition) is 10. The highest BCUT2D eigenvalue weighted by atomic mass is 16.6. The molecule has 2 heterocycles. The third-order valence-electron chi connectivity index (χ3n) is 11.5. The zero-order valence-corrected chi connectivity index (χ0v) is 29.7. The highest BCUT2D eigenvalue weighted by molar-refractivity contribution is 6.31. The molecule has 14 nitrogen and oxygen atoms in total. The summed E-state index contributed by atoms with van der Waals surface area (Å²) in [5.41, 5.74) is 3.71. The first kappa shape index (κ1) is 35.0. The van der Waals surface area contributed by atoms with Gasteiger partial charge in [0.05, 0.1) is 20.8 Å². The van der Waals surface area contributed by atoms with Crippen molar-refractivity contribution in [2.75, 3.05) is 39.3 Å². The van der Waals surface area contributed by atoms with E-state index in [1.165, 1.54) is 30.5 Å². The molecule has 2 fully saturated rings. The molecule has 5 aliphatic rings. The molecule has 14 heteroatoms. The van der Waals surface area contributed by atoms with Crippen molar-refractivity contribution in [3.63, 3.8) is 0 Å². The first-order valence-electron chi connectivity index (χ1n) is 18.7. The highest BCUT2D eigenvalue weighted by Crippen LogP contribution is 2.38. The zero-order chi connectivity index (χ0) is 37.0. The number of nitro benzene ring substituents is 2. The first-order chi connectivity index (χ1) is 25.6. The SMILES string of the molecule is NN(CCCN(CCn1c(=O)c2c3c(cc([N+](=O)[O-])cc3c1=C1CCC1)CCC=2)CC1CC1)CCN1C(=O)C2=CCCc3cc([N+](=O)[O-])cc(c32)C1=O. The smallest absolute Gasteiger partial charge is 0.270 e. The lowest BCUT2D eigenvalue weighted by Crippen LogP contribution is -2.48. The molecule has 2 N–H and O–H groups in total. The van der Waals surface area contributed by atoms with Crippen molar-refractivity contribution in [3.8, 4) is 0 Å². The van der Waals surface area contributed by atoms with E-state index in [1.807, 2.05) is 16.7 Å². The normalized spacial score (nSPS) is 17.6. The molecule has 4 aliphatic carbocycles. The number of rotatable bonds is 14. The van der Waals surface area contributed by atoms with Gasteiger partial charge >= 0.3 is 0 Å². The average Bonchev–Trinajstić information content (AvgIpc) is 3.95. The van der Waals surface area contributed by atoms with Crippen LogP contribution in [0.2, 0.25) is 0 Å². The maximum Gasteiger partial charge on any atom is 0.270 e. The van der Waals surface area contributed by atoms with E-state index in [2.05, 4.69) is 4.90 Å². The van der Waals surface area contributed by atoms with Crippen LogP contribution in [0.4, 0.5) is 11.4 Å². The Hall–Kier alpha value is -5.05. The predicted molar refractivity (Wildman–Crippen MR) is 199 cm³/mol. The Balaban J connectivity index is 0.954. The van der Waals surface area contributed by atoms with E-state index in [0.29, 0.717) is 73.2 Å². The summed E-state index contributed by atoms with van der Waals surface area (Å²) in [6, 6.07) is 6.02. The van der Waals surface area contributed by atoms with Gasteiger partial charge in [-0.1, -0.05) is 12.2 Å². The molecule has 2 aromatic carbocycles. The Morgan fingerprint density at radius 3 is 2.25 bits per heavy atom. The maximum atomic E-state index is 14.1. The van der Waals surface area contributed by atoms with Crippen molar-refractivity contribution < 1.29 is 19.4 Å². The summed E-state index contributed by atoms with van der Waals surface area (Å²) in [4.78, 5) is 67.2. The van der Waals surface area contributed by atoms with E-state index in [4.69, 9.17) is 5.84 Å². The molecule has 0 radical (unpaired) electrons. The number of pyridine rings is 1. The Kier molecular flexibility index (Phi) is 9.29. The fourth-order valence-electron chi connectivity index (χ4n) is 8.51. The molecular weight excluding hydrogens is 678 g/mol. The first-order valence-corrected chi connectivity index (χ1v) is 18.7. The van der Waals surface area contributed by atoms with Crippen LogP contribution in [-0.4, -0.2) is 80.3 Å². The number of nitrogens with two attached hydrogens (primary N) is 1. The van der Waals surface area contributed by atoms with Crippen LogP contribution in [0.5, 0.6) is 0 Å². The van der Waals surface area contributed by atoms with Crippen LogP contribution >= 0.6 is 0 Å². The van der Waals surface area contributed by atoms with Crippen molar-refractivity contribution in [1.82, 2.24) is 19.4 Å². The van der Waals surface area contributed by atoms with E-state index in [1.54, 1.807) is 17.1 Å². The fourth-order valence-corrected chi connectivity index (χ4v) is 8.51. The van der Waals surface area contributed by atoms with Crippen molar-refractivity contribution >= 4 is 51.2 Å². The molecule has 1 aromatic heterocycles. The number of benzene rings is 2. The van der Waals surface area contributed by atoms with Crippen molar-refractivity contribution in [1.29, 1.82) is 0 Å². The van der Waals surface area contributed by atoms with Crippen LogP contribution in [0.3, 0.4) is 0 Å². The summed E-state index contributed by atoms with van der Waals surface area (Å²) in [5, 5.41) is 28.3. The van der Waals surface area contributed by atoms with Gasteiger partial charge in [-0.25, -0.2) is 5.01 Å². The summed E-state index contributed by atoms with van der Waals surface area (Å²) in [5.74, 6) is 6.07. The van der Waals surface area contributed by atoms with Gasteiger partial charge in [0.25, 0.3) is 28.7 Å². The van der Waals surface area contributed by atoms with Crippen LogP contribution in [0, 0.1) is 26.1 Å². The molecule has 0 saturated heterocycles. The van der Waals surface area contributed by atoms with Crippen LogP contribution in [-0.2, 0) is 24.2 Å². The molecule has 2 saturated carbocycles. The lowest BCUT2D eigenvalue weighted by molar-refractivity contribution is -0.385. The number of hydrazine groups is 1. The number of imide groups is 1. The van der Waals surface area contributed by atoms with Gasteiger partial charge in [-0.3, -0.25) is 45.4 Å². The van der Waals surface area contributed by atoms with E-state index >= 15 is 0 Å². The highest BCUT2D eigenvalue weighted by Gasteiger charge is 2.38. The van der Waals surface area contributed by atoms with Gasteiger partial charge in [0.2, 0.25) is 0 Å². The Morgan fingerprint density at radius 1 is 0.811 bits per heavy atom. The van der Waals surface area contributed by atoms with Crippen molar-refractivity contribution in [2.45, 2.75) is 70.8 Å². The van der Waals surface area contributed by atoms with Crippen LogP contribution in [0.1, 0.15) is 78.4 Å². The molecule has 0 spiro atoms. The van der Waals surface area contributed by atoms with E-state index < -0.39 is 16.7 Å². The second-order valence-electron chi connectivity index (χ2n) is 15.0. The lowest BCUT2D eigenvalue weighted by atomic mass is 9.83. The zero-order valence-electron chi connectivity index (χ0n) is 29.7. The molecule has 0 unspecified atom stereocenters. The quantitative estimate of drug-likeness (QED) is 0.113. The summed E-state index contributed by atoms with van der Waals surface area (Å²) in [7, 11) is 0. The number of non-ortho nitro benzene ring substituents is 2. The molecule has 276 valence electrons. The molecule has 8 rings (SSSR count). The number of nitro groups is 2. The summed E-state index contributed by atoms with van der Waals surface area (Å²) in [6.45, 7) is 3.58. The van der Waals surface area contributed by atoms with Crippen LogP contribution < -0.4 is 22.0 Å². The van der Waals surface area contributed by atoms with Gasteiger partial charge < -0.3 is 9.47 Å². The van der Waals surface area contributed by atoms with Gasteiger partial charge in [-0.05, 0) is 98.8 Å². The van der Waals surface area contributed by atoms with Crippen molar-refractivity contribution in [2.24, 2.45) is 11.8 Å². The molecule has 1 aliphatic heterocycles. The molecule has 0 bridgehead atoms. The topological polar surface area (TPSA) is 178 Å². The average molecular weight is 722 g/mol. The van der Waals surface area contributed by atoms with E-state index in [0.717, 1.165) is 65.4 Å². The van der Waals surface area contributed by atoms with Crippen LogP contribution in [0.15, 0.2) is 35.1 Å². The van der Waals surface area contributed by atoms with Gasteiger partial charge in [0.1, 0.15) is 0 Å². The summed E-state index contributed by atoms with van der Waals surface area (Å²) < 4.78 is 1.88. The fraction of sp³-hybridized carbons (Fsp3) is 0.462. The largest absolute Gasteiger partial charge is 0.306 e. The number of carbonyl (C=O) groups is 2. The second-order valence-corrected chi connectivity index (χ2v) is 15.0. The number of nitrogens with zero attached hydrogens (tertiary/aromatic N) is 6. The molecule has 53 heavy (non-hydrogen) atoms. The Morgan fingerprint density at radius 2 is 1.53 bits per heavy atom. The van der Waals surface area contributed by atoms with Gasteiger partial charge in [-0.2, -0.15) is 0 Å². The minimum Gasteiger partial charge on any atom is -0.306 e. The monoisotopic (exact) mass is 721 g/mol. The van der Waals surface area contributed by atoms with Gasteiger partial charge in [0.15, 0.2) is 0 Å². The molecule has 3 aromatic rings. The van der Waals surface area contributed by atoms with E-state index in [9.17, 15) is 34.6 Å². The van der Waals surface area contributed by atoms with Gasteiger partial charge in [-0.15, -0.1) is 0 Å². The third-order valence-corrected chi connectivity index (χ3v) is 11.5. The second kappa shape index (κ2) is 14.1. The number of carbonyl (C=O) groups excluding carboxylic acids is 2. The number of allylic oxidation sites excluding steroid dienone is 1. The van der Waals surface area contributed by atoms with Gasteiger partial charge in [0, 0.05) is 85.3 Å². The standard InChI is InChI=1S/C39H43N7O7/c40-42(16-18-44-38(48)31-10-3-8-27-20-29(46(52)53)22-33(35(27)31)39(44)49)14-4-13-41(23-24-11-12-24)15-17-43-36(25-5-1-6-25)32-21-28(45(50)51)19-26-7-2-9-30(34(26)32)37(43)47/h9-10,19-22,24H,1-8,11-18,23,40H2. The Bertz CT molecular complexity index is 2300. The molecule has 2 amide bonds. The maximum absolute atomic E-state index is 14.1. The minimum absolute atomic E-state index is 0.0274. The number of amides is 2. The molecule has 0 atom stereocenters. The summed E-state index contributed by atoms with van der Waals surface area (Å²) in [6.07, 6.45) is 12.1. The van der Waals surface area contributed by atoms with Crippen LogP contribution in [0.25, 0.3) is 28.0 Å². The Labute approximate surface area is 305 Å². The molecular formula is C39H43N7O7. The third kappa shape index (κ3) is 6.59. The van der Waals surface area contributed by atoms with Crippen molar-refractivity contribution in [3.05, 3.63) is 93.7 Å². The predicted octanol–water partition coefficient (Wildman–Crippen LogP) is 3.17. The minimum atomic E-state index is -0.543. The number of hydrogen-bond donors (Lipinski definition) is 1. The summed E-state index contributed by atoms with van der Waals surface area (Å²) >= 11 is 0. The number of aryl methyl sites for hydroxylation is 2. The number of aromatic nitrogens is 1. The lowest BCUT2D eigenvalue weighted by Gasteiger charge is -2.32. The van der Waals surface area contributed by atoms with E-state index in [-0.39, 0.29) is 40.5 Å².